The average Bonchev–Trinajstić information content (AvgIpc) is 2.29. The molecule has 0 unspecified atom stereocenters. The standard InChI is InChI=1S/C13H19BrN2/c1-10(2)11-7-12(14)9-13(8-11)16-5-3-15-4-6-16/h7-10,15H,3-6H2,1-2H3. The molecule has 1 aliphatic rings. The minimum Gasteiger partial charge on any atom is -0.369 e. The van der Waals surface area contributed by atoms with Crippen molar-refractivity contribution in [2.24, 2.45) is 0 Å². The molecule has 1 heterocycles. The third-order valence-corrected chi connectivity index (χ3v) is 3.51. The Morgan fingerprint density at radius 2 is 1.88 bits per heavy atom. The van der Waals surface area contributed by atoms with Gasteiger partial charge in [0, 0.05) is 36.3 Å². The zero-order valence-corrected chi connectivity index (χ0v) is 11.5. The molecule has 0 bridgehead atoms. The highest BCUT2D eigenvalue weighted by molar-refractivity contribution is 9.10. The Kier molecular flexibility index (Phi) is 3.87. The lowest BCUT2D eigenvalue weighted by molar-refractivity contribution is 0.589. The van der Waals surface area contributed by atoms with Gasteiger partial charge in [-0.05, 0) is 29.7 Å². The maximum Gasteiger partial charge on any atom is 0.0381 e. The number of hydrogen-bond donors (Lipinski definition) is 1. The molecule has 1 aromatic rings. The third kappa shape index (κ3) is 2.77. The van der Waals surface area contributed by atoms with E-state index in [2.05, 4.69) is 58.2 Å². The predicted octanol–water partition coefficient (Wildman–Crippen LogP) is 2.98. The Labute approximate surface area is 106 Å². The van der Waals surface area contributed by atoms with E-state index in [9.17, 15) is 0 Å². The van der Waals surface area contributed by atoms with Gasteiger partial charge in [-0.2, -0.15) is 0 Å². The number of rotatable bonds is 2. The molecule has 1 saturated heterocycles. The molecule has 0 spiro atoms. The highest BCUT2D eigenvalue weighted by Gasteiger charge is 2.12. The highest BCUT2D eigenvalue weighted by Crippen LogP contribution is 2.27. The molecule has 3 heteroatoms. The SMILES string of the molecule is CC(C)c1cc(Br)cc(N2CCNCC2)c1. The van der Waals surface area contributed by atoms with E-state index < -0.39 is 0 Å². The zero-order chi connectivity index (χ0) is 11.5. The summed E-state index contributed by atoms with van der Waals surface area (Å²) in [6, 6.07) is 6.76. The summed E-state index contributed by atoms with van der Waals surface area (Å²) in [4.78, 5) is 2.45. The highest BCUT2D eigenvalue weighted by atomic mass is 79.9. The van der Waals surface area contributed by atoms with Gasteiger partial charge in [0.1, 0.15) is 0 Å². The van der Waals surface area contributed by atoms with Gasteiger partial charge in [0.05, 0.1) is 0 Å². The molecule has 16 heavy (non-hydrogen) atoms. The second kappa shape index (κ2) is 5.19. The van der Waals surface area contributed by atoms with Crippen LogP contribution in [0.25, 0.3) is 0 Å². The van der Waals surface area contributed by atoms with Gasteiger partial charge in [-0.1, -0.05) is 29.8 Å². The molecule has 0 atom stereocenters. The topological polar surface area (TPSA) is 15.3 Å². The molecular weight excluding hydrogens is 264 g/mol. The molecule has 1 fully saturated rings. The Balaban J connectivity index is 2.25. The van der Waals surface area contributed by atoms with Gasteiger partial charge in [0.15, 0.2) is 0 Å². The fourth-order valence-electron chi connectivity index (χ4n) is 2.04. The van der Waals surface area contributed by atoms with Crippen molar-refractivity contribution >= 4 is 21.6 Å². The molecule has 0 radical (unpaired) electrons. The Hall–Kier alpha value is -0.540. The van der Waals surface area contributed by atoms with Crippen molar-refractivity contribution in [1.82, 2.24) is 5.32 Å². The Morgan fingerprint density at radius 3 is 2.50 bits per heavy atom. The third-order valence-electron chi connectivity index (χ3n) is 3.05. The van der Waals surface area contributed by atoms with Crippen LogP contribution in [0.3, 0.4) is 0 Å². The van der Waals surface area contributed by atoms with Crippen LogP contribution in [-0.4, -0.2) is 26.2 Å². The van der Waals surface area contributed by atoms with E-state index in [0.29, 0.717) is 5.92 Å². The lowest BCUT2D eigenvalue weighted by atomic mass is 10.0. The average molecular weight is 283 g/mol. The number of nitrogens with zero attached hydrogens (tertiary/aromatic N) is 1. The molecule has 1 N–H and O–H groups in total. The van der Waals surface area contributed by atoms with Crippen molar-refractivity contribution in [1.29, 1.82) is 0 Å². The summed E-state index contributed by atoms with van der Waals surface area (Å²) < 4.78 is 1.19. The number of benzene rings is 1. The maximum atomic E-state index is 3.61. The molecule has 0 saturated carbocycles. The fourth-order valence-corrected chi connectivity index (χ4v) is 2.53. The van der Waals surface area contributed by atoms with Gasteiger partial charge in [0.2, 0.25) is 0 Å². The van der Waals surface area contributed by atoms with Crippen LogP contribution in [0.2, 0.25) is 0 Å². The van der Waals surface area contributed by atoms with Crippen LogP contribution in [0.15, 0.2) is 22.7 Å². The molecule has 0 aliphatic carbocycles. The van der Waals surface area contributed by atoms with Gasteiger partial charge < -0.3 is 10.2 Å². The number of hydrogen-bond acceptors (Lipinski definition) is 2. The van der Waals surface area contributed by atoms with Crippen molar-refractivity contribution in [2.45, 2.75) is 19.8 Å². The molecule has 1 aliphatic heterocycles. The normalized spacial score (nSPS) is 16.9. The van der Waals surface area contributed by atoms with E-state index in [0.717, 1.165) is 26.2 Å². The van der Waals surface area contributed by atoms with Gasteiger partial charge in [-0.25, -0.2) is 0 Å². The largest absolute Gasteiger partial charge is 0.369 e. The van der Waals surface area contributed by atoms with Crippen molar-refractivity contribution in [3.63, 3.8) is 0 Å². The van der Waals surface area contributed by atoms with Crippen LogP contribution in [-0.2, 0) is 0 Å². The van der Waals surface area contributed by atoms with Crippen LogP contribution in [0.4, 0.5) is 5.69 Å². The van der Waals surface area contributed by atoms with Crippen LogP contribution in [0, 0.1) is 0 Å². The number of anilines is 1. The second-order valence-electron chi connectivity index (χ2n) is 4.63. The second-order valence-corrected chi connectivity index (χ2v) is 5.55. The number of halogens is 1. The van der Waals surface area contributed by atoms with E-state index in [1.165, 1.54) is 15.7 Å². The monoisotopic (exact) mass is 282 g/mol. The minimum atomic E-state index is 0.583. The minimum absolute atomic E-state index is 0.583. The van der Waals surface area contributed by atoms with Gasteiger partial charge >= 0.3 is 0 Å². The number of piperazine rings is 1. The lowest BCUT2D eigenvalue weighted by Gasteiger charge is -2.30. The molecule has 88 valence electrons. The lowest BCUT2D eigenvalue weighted by Crippen LogP contribution is -2.43. The summed E-state index contributed by atoms with van der Waals surface area (Å²) in [5, 5.41) is 3.38. The molecular formula is C13H19BrN2. The Bertz CT molecular complexity index is 357. The molecule has 0 amide bonds. The summed E-state index contributed by atoms with van der Waals surface area (Å²) in [5.41, 5.74) is 2.75. The maximum absolute atomic E-state index is 3.61. The van der Waals surface area contributed by atoms with E-state index in [1.807, 2.05) is 0 Å². The van der Waals surface area contributed by atoms with Crippen LogP contribution >= 0.6 is 15.9 Å². The van der Waals surface area contributed by atoms with Crippen LogP contribution < -0.4 is 10.2 Å². The fraction of sp³-hybridized carbons (Fsp3) is 0.538. The first-order valence-corrected chi connectivity index (χ1v) is 6.72. The van der Waals surface area contributed by atoms with E-state index in [4.69, 9.17) is 0 Å². The summed E-state index contributed by atoms with van der Waals surface area (Å²) in [5.74, 6) is 0.583. The van der Waals surface area contributed by atoms with Crippen molar-refractivity contribution < 1.29 is 0 Å². The van der Waals surface area contributed by atoms with Crippen molar-refractivity contribution in [3.8, 4) is 0 Å². The molecule has 2 rings (SSSR count). The summed E-state index contributed by atoms with van der Waals surface area (Å²) in [6.07, 6.45) is 0. The van der Waals surface area contributed by atoms with Crippen LogP contribution in [0.1, 0.15) is 25.3 Å². The predicted molar refractivity (Wildman–Crippen MR) is 73.3 cm³/mol. The summed E-state index contributed by atoms with van der Waals surface area (Å²) >= 11 is 3.61. The zero-order valence-electron chi connectivity index (χ0n) is 9.96. The van der Waals surface area contributed by atoms with E-state index >= 15 is 0 Å². The first kappa shape index (κ1) is 11.9. The first-order chi connectivity index (χ1) is 7.66. The first-order valence-electron chi connectivity index (χ1n) is 5.93. The Morgan fingerprint density at radius 1 is 1.19 bits per heavy atom. The van der Waals surface area contributed by atoms with Crippen LogP contribution in [0.5, 0.6) is 0 Å². The van der Waals surface area contributed by atoms with E-state index in [-0.39, 0.29) is 0 Å². The van der Waals surface area contributed by atoms with Crippen molar-refractivity contribution in [3.05, 3.63) is 28.2 Å². The summed E-state index contributed by atoms with van der Waals surface area (Å²) in [6.45, 7) is 8.86. The van der Waals surface area contributed by atoms with Gasteiger partial charge in [0.25, 0.3) is 0 Å². The molecule has 0 aromatic heterocycles. The van der Waals surface area contributed by atoms with Gasteiger partial charge in [-0.15, -0.1) is 0 Å². The molecule has 2 nitrogen and oxygen atoms in total. The quantitative estimate of drug-likeness (QED) is 0.897. The van der Waals surface area contributed by atoms with Crippen molar-refractivity contribution in [2.75, 3.05) is 31.1 Å². The van der Waals surface area contributed by atoms with Gasteiger partial charge in [-0.3, -0.25) is 0 Å². The smallest absolute Gasteiger partial charge is 0.0381 e. The summed E-state index contributed by atoms with van der Waals surface area (Å²) in [7, 11) is 0. The van der Waals surface area contributed by atoms with E-state index in [1.54, 1.807) is 0 Å². The molecule has 1 aromatic carbocycles. The number of nitrogens with one attached hydrogen (secondary N) is 1.